The van der Waals surface area contributed by atoms with Gasteiger partial charge < -0.3 is 10.6 Å². The molecule has 3 nitrogen and oxygen atoms in total. The molecule has 1 saturated carbocycles. The van der Waals surface area contributed by atoms with Gasteiger partial charge >= 0.3 is 0 Å². The number of hydrogen-bond acceptors (Lipinski definition) is 3. The van der Waals surface area contributed by atoms with Crippen LogP contribution in [0.15, 0.2) is 24.3 Å². The van der Waals surface area contributed by atoms with Gasteiger partial charge in [0.25, 0.3) is 0 Å². The maximum Gasteiger partial charge on any atom is 0.0727 e. The van der Waals surface area contributed by atoms with Crippen molar-refractivity contribution < 1.29 is 0 Å². The summed E-state index contributed by atoms with van der Waals surface area (Å²) in [6, 6.07) is 8.48. The molecule has 2 N–H and O–H groups in total. The third-order valence-electron chi connectivity index (χ3n) is 3.97. The summed E-state index contributed by atoms with van der Waals surface area (Å²) in [4.78, 5) is 7.08. The molecule has 19 heavy (non-hydrogen) atoms. The van der Waals surface area contributed by atoms with Gasteiger partial charge in [-0.2, -0.15) is 0 Å². The molecule has 1 aliphatic carbocycles. The fourth-order valence-corrected chi connectivity index (χ4v) is 2.63. The number of hydrogen-bond donors (Lipinski definition) is 1. The summed E-state index contributed by atoms with van der Waals surface area (Å²) in [7, 11) is 0. The minimum absolute atomic E-state index is 0.647. The van der Waals surface area contributed by atoms with Crippen LogP contribution in [-0.4, -0.2) is 18.1 Å². The largest absolute Gasteiger partial charge is 0.398 e. The summed E-state index contributed by atoms with van der Waals surface area (Å²) in [5.41, 5.74) is 10.5. The Kier molecular flexibility index (Phi) is 3.05. The van der Waals surface area contributed by atoms with E-state index in [9.17, 15) is 0 Å². The van der Waals surface area contributed by atoms with Gasteiger partial charge in [0.1, 0.15) is 0 Å². The molecule has 3 rings (SSSR count). The van der Waals surface area contributed by atoms with Crippen LogP contribution in [0.4, 0.5) is 11.4 Å². The molecule has 0 atom stereocenters. The summed E-state index contributed by atoms with van der Waals surface area (Å²) < 4.78 is 0. The van der Waals surface area contributed by atoms with Gasteiger partial charge in [0.05, 0.1) is 5.52 Å². The lowest BCUT2D eigenvalue weighted by Crippen LogP contribution is -2.21. The average Bonchev–Trinajstić information content (AvgIpc) is 3.25. The molecule has 0 aliphatic heterocycles. The van der Waals surface area contributed by atoms with Crippen LogP contribution in [-0.2, 0) is 0 Å². The van der Waals surface area contributed by atoms with Crippen LogP contribution in [0, 0.1) is 0 Å². The van der Waals surface area contributed by atoms with Crippen molar-refractivity contribution >= 4 is 22.3 Å². The fraction of sp³-hybridized carbons (Fsp3) is 0.438. The molecule has 1 heterocycles. The number of pyridine rings is 1. The van der Waals surface area contributed by atoms with E-state index >= 15 is 0 Å². The summed E-state index contributed by atoms with van der Waals surface area (Å²) >= 11 is 0. The molecule has 2 aromatic rings. The van der Waals surface area contributed by atoms with Crippen molar-refractivity contribution in [2.75, 3.05) is 23.7 Å². The molecule has 1 aromatic carbocycles. The number of nitrogen functional groups attached to an aromatic ring is 1. The monoisotopic (exact) mass is 255 g/mol. The van der Waals surface area contributed by atoms with Crippen LogP contribution >= 0.6 is 0 Å². The second kappa shape index (κ2) is 4.72. The van der Waals surface area contributed by atoms with Crippen molar-refractivity contribution in [2.24, 2.45) is 0 Å². The highest BCUT2D eigenvalue weighted by molar-refractivity contribution is 5.93. The van der Waals surface area contributed by atoms with Gasteiger partial charge in [-0.25, -0.2) is 0 Å². The lowest BCUT2D eigenvalue weighted by atomic mass is 10.1. The van der Waals surface area contributed by atoms with E-state index in [1.54, 1.807) is 0 Å². The molecule has 0 spiro atoms. The van der Waals surface area contributed by atoms with Gasteiger partial charge in [-0.3, -0.25) is 4.98 Å². The van der Waals surface area contributed by atoms with Crippen molar-refractivity contribution in [2.45, 2.75) is 32.6 Å². The van der Waals surface area contributed by atoms with Crippen LogP contribution < -0.4 is 10.6 Å². The van der Waals surface area contributed by atoms with Gasteiger partial charge in [-0.15, -0.1) is 0 Å². The second-order valence-electron chi connectivity index (χ2n) is 5.28. The van der Waals surface area contributed by atoms with Gasteiger partial charge in [-0.1, -0.05) is 0 Å². The Labute approximate surface area is 114 Å². The second-order valence-corrected chi connectivity index (χ2v) is 5.28. The summed E-state index contributed by atoms with van der Waals surface area (Å²) in [5.74, 6) is 0.647. The van der Waals surface area contributed by atoms with E-state index in [1.165, 1.54) is 24.2 Å². The third kappa shape index (κ3) is 2.25. The van der Waals surface area contributed by atoms with Gasteiger partial charge in [0.15, 0.2) is 0 Å². The summed E-state index contributed by atoms with van der Waals surface area (Å²) in [6.07, 6.45) is 2.52. The molecule has 0 saturated heterocycles. The van der Waals surface area contributed by atoms with Gasteiger partial charge in [0, 0.05) is 41.5 Å². The Morgan fingerprint density at radius 1 is 1.21 bits per heavy atom. The van der Waals surface area contributed by atoms with Gasteiger partial charge in [0.2, 0.25) is 0 Å². The number of fused-ring (bicyclic) bond motifs is 1. The zero-order chi connectivity index (χ0) is 13.4. The molecule has 3 heteroatoms. The zero-order valence-electron chi connectivity index (χ0n) is 11.7. The van der Waals surface area contributed by atoms with E-state index in [2.05, 4.69) is 43.0 Å². The maximum atomic E-state index is 6.22. The Morgan fingerprint density at radius 2 is 1.95 bits per heavy atom. The molecule has 1 fully saturated rings. The maximum absolute atomic E-state index is 6.22. The number of nitrogens with zero attached hydrogens (tertiary/aromatic N) is 2. The van der Waals surface area contributed by atoms with Crippen LogP contribution in [0.3, 0.4) is 0 Å². The molecular weight excluding hydrogens is 234 g/mol. The average molecular weight is 255 g/mol. The van der Waals surface area contributed by atoms with Crippen LogP contribution in [0.25, 0.3) is 10.9 Å². The quantitative estimate of drug-likeness (QED) is 0.908. The Bertz CT molecular complexity index is 598. The first-order valence-corrected chi connectivity index (χ1v) is 7.18. The predicted molar refractivity (Wildman–Crippen MR) is 81.7 cm³/mol. The lowest BCUT2D eigenvalue weighted by molar-refractivity contribution is 0.867. The fourth-order valence-electron chi connectivity index (χ4n) is 2.63. The minimum atomic E-state index is 0.647. The number of aromatic nitrogens is 1. The van der Waals surface area contributed by atoms with Crippen molar-refractivity contribution in [3.63, 3.8) is 0 Å². The number of benzene rings is 1. The van der Waals surface area contributed by atoms with E-state index in [0.717, 1.165) is 29.7 Å². The molecule has 100 valence electrons. The lowest BCUT2D eigenvalue weighted by Gasteiger charge is -2.21. The molecule has 1 aliphatic rings. The van der Waals surface area contributed by atoms with E-state index in [-0.39, 0.29) is 0 Å². The third-order valence-corrected chi connectivity index (χ3v) is 3.97. The normalized spacial score (nSPS) is 14.8. The standard InChI is InChI=1S/C16H21N3/c1-3-19(4-2)12-7-8-15-13(9-12)14(17)10-16(18-15)11-5-6-11/h7-11H,3-6H2,1-2H3,(H2,17,18). The number of anilines is 2. The molecule has 0 unspecified atom stereocenters. The highest BCUT2D eigenvalue weighted by Crippen LogP contribution is 2.40. The smallest absolute Gasteiger partial charge is 0.0727 e. The first-order valence-electron chi connectivity index (χ1n) is 7.18. The summed E-state index contributed by atoms with van der Waals surface area (Å²) in [6.45, 7) is 6.36. The van der Waals surface area contributed by atoms with E-state index in [4.69, 9.17) is 10.7 Å². The molecule has 0 amide bonds. The van der Waals surface area contributed by atoms with E-state index in [1.807, 2.05) is 0 Å². The first-order chi connectivity index (χ1) is 9.22. The van der Waals surface area contributed by atoms with Crippen molar-refractivity contribution in [1.82, 2.24) is 4.98 Å². The minimum Gasteiger partial charge on any atom is -0.398 e. The summed E-state index contributed by atoms with van der Waals surface area (Å²) in [5, 5.41) is 1.08. The Morgan fingerprint density at radius 3 is 2.58 bits per heavy atom. The number of rotatable bonds is 4. The topological polar surface area (TPSA) is 42.2 Å². The molecule has 0 radical (unpaired) electrons. The van der Waals surface area contributed by atoms with Crippen molar-refractivity contribution in [1.29, 1.82) is 0 Å². The highest BCUT2D eigenvalue weighted by Gasteiger charge is 2.25. The Hall–Kier alpha value is -1.77. The number of nitrogens with two attached hydrogens (primary N) is 1. The van der Waals surface area contributed by atoms with Crippen LogP contribution in [0.5, 0.6) is 0 Å². The van der Waals surface area contributed by atoms with Crippen LogP contribution in [0.2, 0.25) is 0 Å². The van der Waals surface area contributed by atoms with Crippen molar-refractivity contribution in [3.8, 4) is 0 Å². The van der Waals surface area contributed by atoms with Crippen molar-refractivity contribution in [3.05, 3.63) is 30.0 Å². The van der Waals surface area contributed by atoms with E-state index < -0.39 is 0 Å². The predicted octanol–water partition coefficient (Wildman–Crippen LogP) is 3.54. The van der Waals surface area contributed by atoms with E-state index in [0.29, 0.717) is 5.92 Å². The SMILES string of the molecule is CCN(CC)c1ccc2nc(C3CC3)cc(N)c2c1. The first kappa shape index (κ1) is 12.3. The van der Waals surface area contributed by atoms with Gasteiger partial charge in [-0.05, 0) is 51.0 Å². The molecule has 1 aromatic heterocycles. The highest BCUT2D eigenvalue weighted by atomic mass is 15.1. The van der Waals surface area contributed by atoms with Crippen LogP contribution in [0.1, 0.15) is 38.3 Å². The molecular formula is C16H21N3. The Balaban J connectivity index is 2.07. The molecule has 0 bridgehead atoms. The zero-order valence-corrected chi connectivity index (χ0v) is 11.7.